The number of alkyl carbamates (subject to hydrolysis) is 1. The molecule has 22 heavy (non-hydrogen) atoms. The number of aliphatic carboxylic acids is 1. The fourth-order valence-electron chi connectivity index (χ4n) is 1.87. The molecule has 6 heteroatoms. The van der Waals surface area contributed by atoms with Crippen LogP contribution in [0, 0.1) is 0 Å². The van der Waals surface area contributed by atoms with Crippen LogP contribution >= 0.6 is 0 Å². The summed E-state index contributed by atoms with van der Waals surface area (Å²) in [5.41, 5.74) is -0.433. The number of carbonyl (C=O) groups excluding carboxylic acids is 1. The lowest BCUT2D eigenvalue weighted by atomic mass is 9.94. The van der Waals surface area contributed by atoms with Crippen LogP contribution in [0.25, 0.3) is 0 Å². The minimum atomic E-state index is -1.61. The minimum absolute atomic E-state index is 0.0649. The summed E-state index contributed by atoms with van der Waals surface area (Å²) in [6, 6.07) is 12.3. The highest BCUT2D eigenvalue weighted by Crippen LogP contribution is 2.20. The second kappa shape index (κ2) is 6.71. The number of nitrogens with zero attached hydrogens (tertiary/aromatic N) is 1. The third kappa shape index (κ3) is 3.60. The van der Waals surface area contributed by atoms with Crippen molar-refractivity contribution in [3.05, 3.63) is 66.0 Å². The molecule has 2 aromatic rings. The van der Waals surface area contributed by atoms with Crippen LogP contribution in [0.2, 0.25) is 0 Å². The molecule has 0 radical (unpaired) electrons. The first-order valence-electron chi connectivity index (χ1n) is 6.65. The van der Waals surface area contributed by atoms with E-state index in [2.05, 4.69) is 10.3 Å². The molecular formula is C16H16N2O4. The lowest BCUT2D eigenvalue weighted by Crippen LogP contribution is -2.49. The highest BCUT2D eigenvalue weighted by molar-refractivity contribution is 5.85. The summed E-state index contributed by atoms with van der Waals surface area (Å²) < 4.78 is 5.06. The summed E-state index contributed by atoms with van der Waals surface area (Å²) >= 11 is 0. The molecule has 1 aromatic carbocycles. The molecule has 0 saturated carbocycles. The second-order valence-corrected chi connectivity index (χ2v) is 4.86. The van der Waals surface area contributed by atoms with E-state index in [0.29, 0.717) is 5.56 Å². The number of pyridine rings is 1. The van der Waals surface area contributed by atoms with Gasteiger partial charge in [-0.15, -0.1) is 0 Å². The maximum atomic E-state index is 11.9. The summed E-state index contributed by atoms with van der Waals surface area (Å²) in [6.07, 6.45) is 2.11. The fourth-order valence-corrected chi connectivity index (χ4v) is 1.87. The predicted molar refractivity (Wildman–Crippen MR) is 79.0 cm³/mol. The van der Waals surface area contributed by atoms with Gasteiger partial charge in [0.2, 0.25) is 0 Å². The molecule has 1 atom stereocenters. The number of benzene rings is 1. The van der Waals surface area contributed by atoms with Gasteiger partial charge in [-0.3, -0.25) is 4.98 Å². The molecule has 0 aliphatic heterocycles. The molecule has 0 aliphatic carbocycles. The first-order chi connectivity index (χ1) is 10.5. The molecule has 2 rings (SSSR count). The van der Waals surface area contributed by atoms with E-state index in [-0.39, 0.29) is 6.61 Å². The van der Waals surface area contributed by atoms with Crippen LogP contribution in [0.15, 0.2) is 54.9 Å². The lowest BCUT2D eigenvalue weighted by molar-refractivity contribution is -0.144. The van der Waals surface area contributed by atoms with Gasteiger partial charge in [-0.25, -0.2) is 9.59 Å². The minimum Gasteiger partial charge on any atom is -0.479 e. The average Bonchev–Trinajstić information content (AvgIpc) is 2.54. The van der Waals surface area contributed by atoms with Crippen molar-refractivity contribution in [1.82, 2.24) is 10.3 Å². The summed E-state index contributed by atoms with van der Waals surface area (Å²) in [5.74, 6) is -1.20. The SMILES string of the molecule is CC(NC(=O)OCc1ccccc1)(C(=O)O)c1cccnc1. The van der Waals surface area contributed by atoms with E-state index in [1.54, 1.807) is 12.1 Å². The summed E-state index contributed by atoms with van der Waals surface area (Å²) in [5, 5.41) is 11.8. The molecule has 6 nitrogen and oxygen atoms in total. The molecule has 1 unspecified atom stereocenters. The van der Waals surface area contributed by atoms with E-state index >= 15 is 0 Å². The number of amides is 1. The summed E-state index contributed by atoms with van der Waals surface area (Å²) in [4.78, 5) is 27.3. The summed E-state index contributed by atoms with van der Waals surface area (Å²) in [6.45, 7) is 1.45. The van der Waals surface area contributed by atoms with E-state index < -0.39 is 17.6 Å². The summed E-state index contributed by atoms with van der Waals surface area (Å²) in [7, 11) is 0. The highest BCUT2D eigenvalue weighted by atomic mass is 16.5. The first-order valence-corrected chi connectivity index (χ1v) is 6.65. The van der Waals surface area contributed by atoms with Gasteiger partial charge in [0.25, 0.3) is 0 Å². The Morgan fingerprint density at radius 2 is 1.95 bits per heavy atom. The highest BCUT2D eigenvalue weighted by Gasteiger charge is 2.37. The Balaban J connectivity index is 2.05. The smallest absolute Gasteiger partial charge is 0.408 e. The van der Waals surface area contributed by atoms with Crippen molar-refractivity contribution in [3.8, 4) is 0 Å². The van der Waals surface area contributed by atoms with Crippen LogP contribution in [0.5, 0.6) is 0 Å². The van der Waals surface area contributed by atoms with E-state index in [0.717, 1.165) is 5.56 Å². The number of nitrogens with one attached hydrogen (secondary N) is 1. The molecule has 1 heterocycles. The zero-order valence-electron chi connectivity index (χ0n) is 12.0. The quantitative estimate of drug-likeness (QED) is 0.884. The normalized spacial score (nSPS) is 13.0. The number of rotatable bonds is 5. The van der Waals surface area contributed by atoms with E-state index in [1.165, 1.54) is 19.3 Å². The molecule has 1 amide bonds. The molecule has 0 fully saturated rings. The van der Waals surface area contributed by atoms with Crippen LogP contribution in [0.3, 0.4) is 0 Å². The number of carboxylic acid groups (broad SMARTS) is 1. The Morgan fingerprint density at radius 1 is 1.23 bits per heavy atom. The standard InChI is InChI=1S/C16H16N2O4/c1-16(14(19)20,13-8-5-9-17-10-13)18-15(21)22-11-12-6-3-2-4-7-12/h2-10H,11H2,1H3,(H,18,21)(H,19,20). The van der Waals surface area contributed by atoms with Gasteiger partial charge < -0.3 is 15.2 Å². The Kier molecular flexibility index (Phi) is 4.73. The first kappa shape index (κ1) is 15.5. The maximum absolute atomic E-state index is 11.9. The Morgan fingerprint density at radius 3 is 2.55 bits per heavy atom. The monoisotopic (exact) mass is 300 g/mol. The topological polar surface area (TPSA) is 88.5 Å². The molecule has 0 spiro atoms. The maximum Gasteiger partial charge on any atom is 0.408 e. The number of hydrogen-bond acceptors (Lipinski definition) is 4. The Hall–Kier alpha value is -2.89. The van der Waals surface area contributed by atoms with Gasteiger partial charge >= 0.3 is 12.1 Å². The number of hydrogen-bond donors (Lipinski definition) is 2. The van der Waals surface area contributed by atoms with Crippen molar-refractivity contribution < 1.29 is 19.4 Å². The molecule has 0 saturated heterocycles. The van der Waals surface area contributed by atoms with Crippen molar-refractivity contribution in [2.45, 2.75) is 19.1 Å². The van der Waals surface area contributed by atoms with Gasteiger partial charge in [-0.1, -0.05) is 36.4 Å². The fraction of sp³-hybridized carbons (Fsp3) is 0.188. The number of carbonyl (C=O) groups is 2. The van der Waals surface area contributed by atoms with Gasteiger partial charge in [0.05, 0.1) is 0 Å². The van der Waals surface area contributed by atoms with E-state index in [1.807, 2.05) is 30.3 Å². The Labute approximate surface area is 127 Å². The zero-order chi connectivity index (χ0) is 16.0. The van der Waals surface area contributed by atoms with Gasteiger partial charge in [-0.2, -0.15) is 0 Å². The molecule has 2 N–H and O–H groups in total. The molecule has 0 aliphatic rings. The van der Waals surface area contributed by atoms with Gasteiger partial charge in [0, 0.05) is 18.0 Å². The lowest BCUT2D eigenvalue weighted by Gasteiger charge is -2.25. The van der Waals surface area contributed by atoms with Crippen LogP contribution in [0.1, 0.15) is 18.1 Å². The second-order valence-electron chi connectivity index (χ2n) is 4.86. The third-order valence-electron chi connectivity index (χ3n) is 3.23. The van der Waals surface area contributed by atoms with Gasteiger partial charge in [0.15, 0.2) is 5.54 Å². The van der Waals surface area contributed by atoms with Crippen LogP contribution in [0.4, 0.5) is 4.79 Å². The Bertz CT molecular complexity index is 646. The number of carboxylic acids is 1. The van der Waals surface area contributed by atoms with Crippen molar-refractivity contribution in [3.63, 3.8) is 0 Å². The van der Waals surface area contributed by atoms with Crippen LogP contribution < -0.4 is 5.32 Å². The zero-order valence-corrected chi connectivity index (χ0v) is 12.0. The average molecular weight is 300 g/mol. The largest absolute Gasteiger partial charge is 0.479 e. The molecule has 114 valence electrons. The van der Waals surface area contributed by atoms with Crippen molar-refractivity contribution in [2.75, 3.05) is 0 Å². The van der Waals surface area contributed by atoms with Gasteiger partial charge in [-0.05, 0) is 18.6 Å². The van der Waals surface area contributed by atoms with Crippen molar-refractivity contribution >= 4 is 12.1 Å². The molecule has 1 aromatic heterocycles. The predicted octanol–water partition coefficient (Wildman–Crippen LogP) is 2.31. The molecular weight excluding hydrogens is 284 g/mol. The number of ether oxygens (including phenoxy) is 1. The van der Waals surface area contributed by atoms with E-state index in [9.17, 15) is 14.7 Å². The van der Waals surface area contributed by atoms with Crippen LogP contribution in [-0.2, 0) is 21.7 Å². The third-order valence-corrected chi connectivity index (χ3v) is 3.23. The van der Waals surface area contributed by atoms with E-state index in [4.69, 9.17) is 4.74 Å². The van der Waals surface area contributed by atoms with Crippen molar-refractivity contribution in [2.24, 2.45) is 0 Å². The van der Waals surface area contributed by atoms with Crippen LogP contribution in [-0.4, -0.2) is 22.2 Å². The van der Waals surface area contributed by atoms with Gasteiger partial charge in [0.1, 0.15) is 6.61 Å². The van der Waals surface area contributed by atoms with Crippen molar-refractivity contribution in [1.29, 1.82) is 0 Å². The number of aromatic nitrogens is 1. The molecule has 0 bridgehead atoms.